The van der Waals surface area contributed by atoms with Gasteiger partial charge in [0.2, 0.25) is 0 Å². The molecule has 0 heterocycles. The van der Waals surface area contributed by atoms with Gasteiger partial charge >= 0.3 is 34.5 Å². The Kier molecular flexibility index (Phi) is 16.4. The molecular weight excluding hydrogens is 666 g/mol. The third-order valence-corrected chi connectivity index (χ3v) is 9.97. The van der Waals surface area contributed by atoms with E-state index in [9.17, 15) is 0 Å². The molecule has 4 aromatic carbocycles. The van der Waals surface area contributed by atoms with Gasteiger partial charge in [-0.2, -0.15) is 12.6 Å². The van der Waals surface area contributed by atoms with E-state index in [4.69, 9.17) is 43.5 Å². The third-order valence-electron chi connectivity index (χ3n) is 6.34. The van der Waals surface area contributed by atoms with Crippen molar-refractivity contribution in [2.75, 3.05) is 26.7 Å². The molecule has 4 rings (SSSR count). The zero-order valence-electron chi connectivity index (χ0n) is 22.8. The standard InChI is InChI=1S/C17H22P2S.C14H16N2.2ClH.Ru/c1-18(2)15-11-7-5-9-13(15)17(20)14-10-6-8-12-16(14)19(3)4;15-13(11-7-3-1-4-8-11)14(16)12-9-5-2-6-10-12;;;/h5-12,17,20H,1-4H3;1-10,13-14H,15-16H2;2*1H;/q;;;;+4. The number of nitrogens with two attached hydrogens (primary N) is 2. The molecule has 2 atom stereocenters. The summed E-state index contributed by atoms with van der Waals surface area (Å²) >= 11 is 4.62. The van der Waals surface area contributed by atoms with Crippen molar-refractivity contribution >= 4 is 58.5 Å². The van der Waals surface area contributed by atoms with Crippen LogP contribution in [0.15, 0.2) is 109 Å². The van der Waals surface area contributed by atoms with Crippen LogP contribution >= 0.6 is 47.9 Å². The van der Waals surface area contributed by atoms with Gasteiger partial charge in [-0.15, -0.1) is 0 Å². The fourth-order valence-electron chi connectivity index (χ4n) is 4.31. The summed E-state index contributed by atoms with van der Waals surface area (Å²) in [5.41, 5.74) is 17.2. The molecule has 208 valence electrons. The first-order valence-corrected chi connectivity index (χ1v) is 22.6. The van der Waals surface area contributed by atoms with E-state index in [0.717, 1.165) is 11.1 Å². The molecule has 0 bridgehead atoms. The average Bonchev–Trinajstić information content (AvgIpc) is 2.97. The minimum atomic E-state index is -0.467. The van der Waals surface area contributed by atoms with Crippen molar-refractivity contribution in [3.05, 3.63) is 131 Å². The molecule has 0 aliphatic carbocycles. The minimum absolute atomic E-state index is 0.163. The van der Waals surface area contributed by atoms with Gasteiger partial charge in [0.05, 0.1) is 42.5 Å². The first kappa shape index (κ1) is 34.4. The summed E-state index contributed by atoms with van der Waals surface area (Å²) in [6.45, 7) is 9.41. The van der Waals surface area contributed by atoms with Crippen molar-refractivity contribution in [2.45, 2.75) is 17.3 Å². The monoisotopic (exact) mass is 706 g/mol. The first-order valence-electron chi connectivity index (χ1n) is 12.7. The molecule has 0 amide bonds. The SMILES string of the molecule is C[PH+](C)c1ccccc1C(S)c1ccccc1[PH+](C)C.NC(c1ccccc1)C(N)c1ccccc1.[Cl][Ru+2][Cl]. The summed E-state index contributed by atoms with van der Waals surface area (Å²) in [4.78, 5) is 0. The summed E-state index contributed by atoms with van der Waals surface area (Å²) in [5, 5.41) is 3.21. The molecule has 39 heavy (non-hydrogen) atoms. The fourth-order valence-corrected chi connectivity index (χ4v) is 7.48. The Morgan fingerprint density at radius 1 is 0.564 bits per heavy atom. The van der Waals surface area contributed by atoms with E-state index in [1.165, 1.54) is 21.7 Å². The Morgan fingerprint density at radius 2 is 0.846 bits per heavy atom. The van der Waals surface area contributed by atoms with Gasteiger partial charge < -0.3 is 11.5 Å². The van der Waals surface area contributed by atoms with Crippen LogP contribution in [0.25, 0.3) is 0 Å². The predicted octanol–water partition coefficient (Wildman–Crippen LogP) is 7.67. The Balaban J connectivity index is 0.000000253. The molecule has 8 heteroatoms. The first-order chi connectivity index (χ1) is 18.7. The number of hydrogen-bond donors (Lipinski definition) is 3. The van der Waals surface area contributed by atoms with Crippen LogP contribution in [0.4, 0.5) is 0 Å². The van der Waals surface area contributed by atoms with E-state index in [0.29, 0.717) is 0 Å². The molecule has 4 N–H and O–H groups in total. The molecule has 0 radical (unpaired) electrons. The molecule has 0 aromatic heterocycles. The number of thiol groups is 1. The summed E-state index contributed by atoms with van der Waals surface area (Å²) in [5.74, 6) is 0. The van der Waals surface area contributed by atoms with Crippen LogP contribution in [0.5, 0.6) is 0 Å². The number of hydrogen-bond acceptors (Lipinski definition) is 3. The van der Waals surface area contributed by atoms with Gasteiger partial charge in [0.15, 0.2) is 0 Å². The van der Waals surface area contributed by atoms with Gasteiger partial charge in [-0.25, -0.2) is 0 Å². The predicted molar refractivity (Wildman–Crippen MR) is 182 cm³/mol. The third kappa shape index (κ3) is 10.9. The zero-order chi connectivity index (χ0) is 28.8. The Labute approximate surface area is 258 Å². The maximum atomic E-state index is 6.15. The van der Waals surface area contributed by atoms with Crippen molar-refractivity contribution in [1.29, 1.82) is 0 Å². The molecule has 0 saturated heterocycles. The second kappa shape index (κ2) is 18.6. The topological polar surface area (TPSA) is 52.0 Å². The van der Waals surface area contributed by atoms with Crippen LogP contribution in [0.1, 0.15) is 39.6 Å². The molecule has 0 spiro atoms. The van der Waals surface area contributed by atoms with Crippen LogP contribution in [-0.2, 0) is 15.1 Å². The molecular formula is C31H40Cl2N2P2RuS+4. The Hall–Kier alpha value is -0.787. The quantitative estimate of drug-likeness (QED) is 0.105. The maximum absolute atomic E-state index is 6.15. The van der Waals surface area contributed by atoms with Gasteiger partial charge in [-0.3, -0.25) is 0 Å². The van der Waals surface area contributed by atoms with Crippen LogP contribution < -0.4 is 22.1 Å². The van der Waals surface area contributed by atoms with Gasteiger partial charge in [-0.1, -0.05) is 97.1 Å². The molecule has 4 aromatic rings. The fraction of sp³-hybridized carbons (Fsp3) is 0.226. The molecule has 0 aliphatic rings. The van der Waals surface area contributed by atoms with E-state index in [2.05, 4.69) is 75.2 Å². The Bertz CT molecular complexity index is 1140. The number of halogens is 2. The molecule has 2 nitrogen and oxygen atoms in total. The van der Waals surface area contributed by atoms with Crippen molar-refractivity contribution in [1.82, 2.24) is 0 Å². The van der Waals surface area contributed by atoms with E-state index in [1.54, 1.807) is 0 Å². The molecule has 0 fully saturated rings. The number of rotatable bonds is 7. The van der Waals surface area contributed by atoms with Crippen LogP contribution in [0.3, 0.4) is 0 Å². The zero-order valence-corrected chi connectivity index (χ0v) is 29.0. The van der Waals surface area contributed by atoms with Crippen molar-refractivity contribution in [2.24, 2.45) is 11.5 Å². The van der Waals surface area contributed by atoms with Crippen LogP contribution in [-0.4, -0.2) is 26.7 Å². The second-order valence-corrected chi connectivity index (χ2v) is 17.7. The van der Waals surface area contributed by atoms with E-state index < -0.39 is 15.8 Å². The van der Waals surface area contributed by atoms with Crippen molar-refractivity contribution in [3.8, 4) is 0 Å². The van der Waals surface area contributed by atoms with Crippen molar-refractivity contribution < 1.29 is 15.1 Å². The van der Waals surface area contributed by atoms with E-state index in [1.807, 2.05) is 60.7 Å². The summed E-state index contributed by atoms with van der Waals surface area (Å²) in [6, 6.07) is 37.2. The number of benzene rings is 4. The second-order valence-electron chi connectivity index (χ2n) is 9.50. The Morgan fingerprint density at radius 3 is 1.15 bits per heavy atom. The van der Waals surface area contributed by atoms with Gasteiger partial charge in [-0.05, 0) is 23.3 Å². The van der Waals surface area contributed by atoms with Gasteiger partial charge in [0.1, 0.15) is 0 Å². The normalized spacial score (nSPS) is 12.3. The summed E-state index contributed by atoms with van der Waals surface area (Å²) in [7, 11) is 8.77. The van der Waals surface area contributed by atoms with Crippen LogP contribution in [0.2, 0.25) is 0 Å². The van der Waals surface area contributed by atoms with Crippen molar-refractivity contribution in [3.63, 3.8) is 0 Å². The van der Waals surface area contributed by atoms with Gasteiger partial charge in [0.25, 0.3) is 0 Å². The van der Waals surface area contributed by atoms with Crippen LogP contribution in [0, 0.1) is 0 Å². The molecule has 2 unspecified atom stereocenters. The van der Waals surface area contributed by atoms with E-state index in [-0.39, 0.29) is 32.5 Å². The molecule has 0 saturated carbocycles. The average molecular weight is 707 g/mol. The summed E-state index contributed by atoms with van der Waals surface area (Å²) in [6.07, 6.45) is 0. The summed E-state index contributed by atoms with van der Waals surface area (Å²) < 4.78 is 0. The molecule has 0 aliphatic heterocycles. The van der Waals surface area contributed by atoms with Gasteiger partial charge in [0, 0.05) is 39.1 Å². The van der Waals surface area contributed by atoms with E-state index >= 15 is 0 Å².